The van der Waals surface area contributed by atoms with Gasteiger partial charge in [0.15, 0.2) is 0 Å². The first-order valence-corrected chi connectivity index (χ1v) is 19.3. The monoisotopic (exact) mass is 674 g/mol. The van der Waals surface area contributed by atoms with Gasteiger partial charge in [0.1, 0.15) is 0 Å². The fourth-order valence-electron chi connectivity index (χ4n) is 9.27. The summed E-state index contributed by atoms with van der Waals surface area (Å²) in [5.74, 6) is 0. The van der Waals surface area contributed by atoms with Crippen LogP contribution in [0.4, 0.5) is 0 Å². The maximum atomic E-state index is 2.49. The largest absolute Gasteiger partial charge is 0.310 e. The Hall–Kier alpha value is -5.16. The molecule has 0 saturated heterocycles. The Morgan fingerprint density at radius 2 is 1.26 bits per heavy atom. The van der Waals surface area contributed by atoms with Crippen LogP contribution in [0.5, 0.6) is 0 Å². The first-order valence-electron chi connectivity index (χ1n) is 17.6. The fourth-order valence-corrected chi connectivity index (χ4v) is 11.9. The zero-order valence-corrected chi connectivity index (χ0v) is 28.8. The van der Waals surface area contributed by atoms with Crippen molar-refractivity contribution in [3.8, 4) is 11.4 Å². The SMILES string of the molecule is C1=Cc2c(c3ccccc3n2-c2ccc3c(c2)SC2CC4=c5c(cccc5=C32)Sc2cc(-n3c5ccccc5c5ccccc53)ccc24)CC1. The number of rotatable bonds is 2. The van der Waals surface area contributed by atoms with Crippen molar-refractivity contribution in [2.45, 2.75) is 39.2 Å². The van der Waals surface area contributed by atoms with Crippen LogP contribution in [0.3, 0.4) is 0 Å². The molecule has 4 heterocycles. The normalized spacial score (nSPS) is 16.8. The molecule has 1 unspecified atom stereocenters. The van der Waals surface area contributed by atoms with E-state index in [0.29, 0.717) is 5.25 Å². The molecule has 0 spiro atoms. The minimum absolute atomic E-state index is 0.404. The number of hydrogen-bond acceptors (Lipinski definition) is 2. The second-order valence-electron chi connectivity index (χ2n) is 13.9. The van der Waals surface area contributed by atoms with Crippen molar-refractivity contribution >= 4 is 73.5 Å². The van der Waals surface area contributed by atoms with Crippen LogP contribution < -0.4 is 10.4 Å². The fraction of sp³-hybridized carbons (Fsp3) is 0.0870. The molecule has 2 aromatic heterocycles. The summed E-state index contributed by atoms with van der Waals surface area (Å²) in [7, 11) is 0. The van der Waals surface area contributed by atoms with E-state index in [0.717, 1.165) is 19.3 Å². The zero-order chi connectivity index (χ0) is 32.5. The van der Waals surface area contributed by atoms with Crippen LogP contribution in [0, 0.1) is 0 Å². The molecule has 8 aromatic rings. The van der Waals surface area contributed by atoms with Crippen LogP contribution in [0.2, 0.25) is 0 Å². The molecule has 1 atom stereocenters. The minimum Gasteiger partial charge on any atom is -0.310 e. The maximum Gasteiger partial charge on any atom is 0.0541 e. The van der Waals surface area contributed by atoms with E-state index in [1.165, 1.54) is 103 Å². The summed E-state index contributed by atoms with van der Waals surface area (Å²) in [6.45, 7) is 0. The second-order valence-corrected chi connectivity index (χ2v) is 16.2. The van der Waals surface area contributed by atoms with Crippen molar-refractivity contribution in [2.24, 2.45) is 0 Å². The molecule has 2 aliphatic heterocycles. The Labute approximate surface area is 298 Å². The summed E-state index contributed by atoms with van der Waals surface area (Å²) in [6.07, 6.45) is 7.94. The van der Waals surface area contributed by atoms with Gasteiger partial charge in [-0.15, -0.1) is 11.8 Å². The highest BCUT2D eigenvalue weighted by atomic mass is 32.2. The lowest BCUT2D eigenvalue weighted by Gasteiger charge is -2.27. The average Bonchev–Trinajstić information content (AvgIpc) is 3.82. The molecule has 50 heavy (non-hydrogen) atoms. The number of aryl methyl sites for hydroxylation is 1. The third-order valence-corrected chi connectivity index (χ3v) is 13.7. The lowest BCUT2D eigenvalue weighted by atomic mass is 9.86. The quantitative estimate of drug-likeness (QED) is 0.181. The number of nitrogens with zero attached hydrogens (tertiary/aromatic N) is 2. The van der Waals surface area contributed by atoms with E-state index in [9.17, 15) is 0 Å². The Morgan fingerprint density at radius 1 is 0.580 bits per heavy atom. The molecule has 2 nitrogen and oxygen atoms in total. The lowest BCUT2D eigenvalue weighted by molar-refractivity contribution is 0.966. The van der Waals surface area contributed by atoms with Gasteiger partial charge in [-0.3, -0.25) is 0 Å². The molecule has 0 radical (unpaired) electrons. The van der Waals surface area contributed by atoms with E-state index in [1.54, 1.807) is 0 Å². The van der Waals surface area contributed by atoms with Crippen LogP contribution in [0.15, 0.2) is 148 Å². The highest BCUT2D eigenvalue weighted by molar-refractivity contribution is 8.01. The topological polar surface area (TPSA) is 9.86 Å². The van der Waals surface area contributed by atoms with Gasteiger partial charge >= 0.3 is 0 Å². The molecule has 2 aliphatic carbocycles. The molecule has 236 valence electrons. The van der Waals surface area contributed by atoms with Gasteiger partial charge < -0.3 is 9.13 Å². The van der Waals surface area contributed by atoms with Crippen molar-refractivity contribution in [3.05, 3.63) is 166 Å². The Bertz CT molecular complexity index is 2920. The number of fused-ring (bicyclic) bond motifs is 11. The number of aromatic nitrogens is 2. The molecule has 0 bridgehead atoms. The Balaban J connectivity index is 1.01. The molecule has 4 aliphatic rings. The number of hydrogen-bond donors (Lipinski definition) is 0. The van der Waals surface area contributed by atoms with Gasteiger partial charge in [-0.25, -0.2) is 0 Å². The molecule has 0 saturated carbocycles. The molecule has 0 fully saturated rings. The van der Waals surface area contributed by atoms with E-state index in [1.807, 2.05) is 11.8 Å². The predicted octanol–water partition coefficient (Wildman–Crippen LogP) is 10.4. The van der Waals surface area contributed by atoms with Crippen molar-refractivity contribution < 1.29 is 0 Å². The van der Waals surface area contributed by atoms with Gasteiger partial charge in [0.2, 0.25) is 0 Å². The smallest absolute Gasteiger partial charge is 0.0541 e. The first kappa shape index (κ1) is 27.6. The van der Waals surface area contributed by atoms with Crippen molar-refractivity contribution in [1.82, 2.24) is 9.13 Å². The zero-order valence-electron chi connectivity index (χ0n) is 27.2. The average molecular weight is 675 g/mol. The summed E-state index contributed by atoms with van der Waals surface area (Å²) >= 11 is 4.00. The third kappa shape index (κ3) is 3.68. The van der Waals surface area contributed by atoms with E-state index >= 15 is 0 Å². The molecule has 12 rings (SSSR count). The van der Waals surface area contributed by atoms with Crippen molar-refractivity contribution in [2.75, 3.05) is 0 Å². The van der Waals surface area contributed by atoms with E-state index in [2.05, 4.69) is 160 Å². The van der Waals surface area contributed by atoms with Crippen LogP contribution >= 0.6 is 23.5 Å². The van der Waals surface area contributed by atoms with Gasteiger partial charge in [0.05, 0.1) is 16.6 Å². The number of allylic oxidation sites excluding steroid dienone is 1. The van der Waals surface area contributed by atoms with Gasteiger partial charge in [0.25, 0.3) is 0 Å². The summed E-state index contributed by atoms with van der Waals surface area (Å²) in [6, 6.07) is 47.9. The molecule has 0 N–H and O–H groups in total. The Morgan fingerprint density at radius 3 is 2.06 bits per heavy atom. The highest BCUT2D eigenvalue weighted by Crippen LogP contribution is 2.51. The Kier molecular flexibility index (Phi) is 5.64. The standard InChI is InChI=1S/C46H30N2S2/c1-5-15-37-29(10-1)30-11-2-6-16-38(30)47(37)27-20-22-33-36-26-44-45(35-14-9-19-41(46(35)36)49-42(33)24-27)34-23-21-28(25-43(34)50-44)48-39-17-7-3-12-31(39)32-13-4-8-18-40(32)48/h1-3,5-12,14-25,44H,4,13,26H2. The van der Waals surface area contributed by atoms with Crippen LogP contribution in [-0.4, -0.2) is 14.4 Å². The predicted molar refractivity (Wildman–Crippen MR) is 211 cm³/mol. The van der Waals surface area contributed by atoms with Crippen LogP contribution in [0.25, 0.3) is 61.3 Å². The van der Waals surface area contributed by atoms with Crippen LogP contribution in [0.1, 0.15) is 35.2 Å². The van der Waals surface area contributed by atoms with Crippen LogP contribution in [-0.2, 0) is 6.42 Å². The van der Waals surface area contributed by atoms with E-state index < -0.39 is 0 Å². The molecule has 0 amide bonds. The number of benzene rings is 6. The molecular formula is C46H30N2S2. The molecule has 6 aromatic carbocycles. The van der Waals surface area contributed by atoms with Crippen molar-refractivity contribution in [1.29, 1.82) is 0 Å². The van der Waals surface area contributed by atoms with Gasteiger partial charge in [0, 0.05) is 53.2 Å². The van der Waals surface area contributed by atoms with Gasteiger partial charge in [-0.2, -0.15) is 0 Å². The second kappa shape index (κ2) is 10.2. The van der Waals surface area contributed by atoms with Gasteiger partial charge in [-0.1, -0.05) is 96.7 Å². The maximum absolute atomic E-state index is 2.49. The summed E-state index contributed by atoms with van der Waals surface area (Å²) < 4.78 is 4.93. The minimum atomic E-state index is 0.404. The number of para-hydroxylation sites is 3. The highest BCUT2D eigenvalue weighted by Gasteiger charge is 2.35. The molecule has 4 heteroatoms. The van der Waals surface area contributed by atoms with E-state index in [4.69, 9.17) is 0 Å². The van der Waals surface area contributed by atoms with Gasteiger partial charge in [-0.05, 0) is 112 Å². The third-order valence-electron chi connectivity index (χ3n) is 11.3. The molecular weight excluding hydrogens is 645 g/mol. The number of thioether (sulfide) groups is 1. The first-order chi connectivity index (χ1) is 24.8. The van der Waals surface area contributed by atoms with Crippen molar-refractivity contribution in [3.63, 3.8) is 0 Å². The summed E-state index contributed by atoms with van der Waals surface area (Å²) in [5, 5.41) is 7.27. The lowest BCUT2D eigenvalue weighted by Crippen LogP contribution is -2.38. The summed E-state index contributed by atoms with van der Waals surface area (Å²) in [5.41, 5.74) is 15.0. The summed E-state index contributed by atoms with van der Waals surface area (Å²) in [4.78, 5) is 4.13. The van der Waals surface area contributed by atoms with E-state index in [-0.39, 0.29) is 0 Å².